The molecule has 5 heteroatoms. The molecule has 0 aliphatic heterocycles. The van der Waals surface area contributed by atoms with E-state index in [1.807, 2.05) is 92.1 Å². The number of nitrogens with zero attached hydrogens (tertiary/aromatic N) is 2. The Hall–Kier alpha value is -3.18. The van der Waals surface area contributed by atoms with Gasteiger partial charge in [-0.25, -0.2) is 4.98 Å². The van der Waals surface area contributed by atoms with Crippen molar-refractivity contribution in [2.75, 3.05) is 5.32 Å². The summed E-state index contributed by atoms with van der Waals surface area (Å²) in [7, 11) is 0. The van der Waals surface area contributed by atoms with Crippen LogP contribution < -0.4 is 5.32 Å². The van der Waals surface area contributed by atoms with Crippen LogP contribution in [0.4, 0.5) is 5.69 Å². The zero-order valence-electron chi connectivity index (χ0n) is 17.3. The summed E-state index contributed by atoms with van der Waals surface area (Å²) in [5.41, 5.74) is 2.41. The van der Waals surface area contributed by atoms with E-state index in [4.69, 9.17) is 4.98 Å². The van der Waals surface area contributed by atoms with Crippen LogP contribution in [0.25, 0.3) is 11.0 Å². The van der Waals surface area contributed by atoms with Crippen molar-refractivity contribution in [1.82, 2.24) is 9.55 Å². The molecule has 1 amide bonds. The van der Waals surface area contributed by atoms with E-state index in [-0.39, 0.29) is 5.91 Å². The number of hydrogen-bond acceptors (Lipinski definition) is 3. The second kappa shape index (κ2) is 8.45. The van der Waals surface area contributed by atoms with E-state index in [1.165, 1.54) is 6.92 Å². The van der Waals surface area contributed by atoms with E-state index >= 15 is 0 Å². The fraction of sp³-hybridized carbons (Fsp3) is 0.250. The van der Waals surface area contributed by atoms with Crippen molar-refractivity contribution in [1.29, 1.82) is 0 Å². The summed E-state index contributed by atoms with van der Waals surface area (Å²) >= 11 is 0. The van der Waals surface area contributed by atoms with Gasteiger partial charge < -0.3 is 15.0 Å². The molecule has 3 aromatic rings. The van der Waals surface area contributed by atoms with Crippen LogP contribution in [0.15, 0.2) is 72.3 Å². The summed E-state index contributed by atoms with van der Waals surface area (Å²) < 4.78 is 2.00. The quantitative estimate of drug-likeness (QED) is 0.597. The van der Waals surface area contributed by atoms with E-state index in [2.05, 4.69) is 5.32 Å². The van der Waals surface area contributed by atoms with Gasteiger partial charge in [-0.1, -0.05) is 48.6 Å². The molecule has 0 saturated carbocycles. The van der Waals surface area contributed by atoms with Crippen LogP contribution in [-0.4, -0.2) is 20.6 Å². The van der Waals surface area contributed by atoms with Crippen LogP contribution in [0, 0.1) is 0 Å². The number of benzene rings is 2. The lowest BCUT2D eigenvalue weighted by Crippen LogP contribution is -2.33. The maximum Gasteiger partial charge on any atom is 0.221 e. The average Bonchev–Trinajstić information content (AvgIpc) is 3.10. The van der Waals surface area contributed by atoms with Gasteiger partial charge in [0.25, 0.3) is 0 Å². The molecule has 1 aromatic heterocycles. The SMILES string of the molecule is CC=CC(=CC)C(O)(c1ccccc1)c1nc2ccc(NC(C)=O)cc2n1CC. The number of aryl methyl sites for hydroxylation is 1. The Balaban J connectivity index is 2.32. The minimum atomic E-state index is -1.41. The Morgan fingerprint density at radius 3 is 2.52 bits per heavy atom. The number of aromatic nitrogens is 2. The lowest BCUT2D eigenvalue weighted by Gasteiger charge is -2.30. The molecular formula is C24H27N3O2. The van der Waals surface area contributed by atoms with Crippen molar-refractivity contribution in [3.05, 3.63) is 83.7 Å². The predicted molar refractivity (Wildman–Crippen MR) is 118 cm³/mol. The summed E-state index contributed by atoms with van der Waals surface area (Å²) in [6.07, 6.45) is 5.74. The topological polar surface area (TPSA) is 67.2 Å². The van der Waals surface area contributed by atoms with Crippen LogP contribution in [0.2, 0.25) is 0 Å². The van der Waals surface area contributed by atoms with Crippen LogP contribution in [0.5, 0.6) is 0 Å². The summed E-state index contributed by atoms with van der Waals surface area (Å²) in [6, 6.07) is 15.2. The summed E-state index contributed by atoms with van der Waals surface area (Å²) in [4.78, 5) is 16.3. The monoisotopic (exact) mass is 389 g/mol. The number of anilines is 1. The maximum absolute atomic E-state index is 12.1. The highest BCUT2D eigenvalue weighted by Crippen LogP contribution is 2.38. The molecule has 2 N–H and O–H groups in total. The molecular weight excluding hydrogens is 362 g/mol. The van der Waals surface area contributed by atoms with Crippen molar-refractivity contribution < 1.29 is 9.90 Å². The molecule has 0 spiro atoms. The standard InChI is InChI=1S/C24H27N3O2/c1-5-11-18(6-2)24(29,19-12-9-8-10-13-19)23-26-21-15-14-20(25-17(4)28)16-22(21)27(23)7-3/h5-6,8-16,29H,7H2,1-4H3,(H,25,28). The number of hydrogen-bond donors (Lipinski definition) is 2. The van der Waals surface area contributed by atoms with E-state index < -0.39 is 5.60 Å². The third-order valence-electron chi connectivity index (χ3n) is 4.98. The molecule has 2 aromatic carbocycles. The van der Waals surface area contributed by atoms with E-state index in [1.54, 1.807) is 0 Å². The molecule has 3 rings (SSSR count). The molecule has 0 radical (unpaired) electrons. The Morgan fingerprint density at radius 2 is 1.93 bits per heavy atom. The molecule has 150 valence electrons. The van der Waals surface area contributed by atoms with Gasteiger partial charge in [0.1, 0.15) is 0 Å². The van der Waals surface area contributed by atoms with Gasteiger partial charge >= 0.3 is 0 Å². The fourth-order valence-electron chi connectivity index (χ4n) is 3.71. The molecule has 0 bridgehead atoms. The Bertz CT molecular complexity index is 1080. The Morgan fingerprint density at radius 1 is 1.21 bits per heavy atom. The van der Waals surface area contributed by atoms with Crippen molar-refractivity contribution in [2.24, 2.45) is 0 Å². The summed E-state index contributed by atoms with van der Waals surface area (Å²) in [5.74, 6) is 0.421. The van der Waals surface area contributed by atoms with Crippen LogP contribution >= 0.6 is 0 Å². The first-order valence-corrected chi connectivity index (χ1v) is 9.81. The van der Waals surface area contributed by atoms with Crippen LogP contribution in [-0.2, 0) is 16.9 Å². The summed E-state index contributed by atoms with van der Waals surface area (Å²) in [5, 5.41) is 14.9. The molecule has 1 heterocycles. The van der Waals surface area contributed by atoms with Crippen molar-refractivity contribution in [2.45, 2.75) is 39.8 Å². The van der Waals surface area contributed by atoms with E-state index in [0.717, 1.165) is 22.2 Å². The summed E-state index contributed by atoms with van der Waals surface area (Å²) in [6.45, 7) is 7.97. The number of nitrogens with one attached hydrogen (secondary N) is 1. The second-order valence-corrected chi connectivity index (χ2v) is 6.88. The van der Waals surface area contributed by atoms with Crippen molar-refractivity contribution in [3.8, 4) is 0 Å². The molecule has 1 unspecified atom stereocenters. The number of fused-ring (bicyclic) bond motifs is 1. The Labute approximate surface area is 171 Å². The molecule has 0 saturated heterocycles. The molecule has 1 atom stereocenters. The highest BCUT2D eigenvalue weighted by molar-refractivity contribution is 5.91. The number of allylic oxidation sites excluding steroid dienone is 2. The highest BCUT2D eigenvalue weighted by Gasteiger charge is 2.39. The van der Waals surface area contributed by atoms with Gasteiger partial charge in [0.15, 0.2) is 11.4 Å². The lowest BCUT2D eigenvalue weighted by molar-refractivity contribution is -0.114. The van der Waals surface area contributed by atoms with Crippen molar-refractivity contribution >= 4 is 22.6 Å². The van der Waals surface area contributed by atoms with Crippen molar-refractivity contribution in [3.63, 3.8) is 0 Å². The number of imidazole rings is 1. The average molecular weight is 389 g/mol. The maximum atomic E-state index is 12.1. The van der Waals surface area contributed by atoms with Gasteiger partial charge in [-0.3, -0.25) is 4.79 Å². The van der Waals surface area contributed by atoms with Gasteiger partial charge in [0.2, 0.25) is 5.91 Å². The number of amides is 1. The highest BCUT2D eigenvalue weighted by atomic mass is 16.3. The van der Waals surface area contributed by atoms with Gasteiger partial charge in [0.05, 0.1) is 11.0 Å². The molecule has 5 nitrogen and oxygen atoms in total. The lowest BCUT2D eigenvalue weighted by atomic mass is 9.84. The zero-order chi connectivity index (χ0) is 21.0. The molecule has 0 aliphatic rings. The minimum absolute atomic E-state index is 0.128. The smallest absolute Gasteiger partial charge is 0.221 e. The fourth-order valence-corrected chi connectivity index (χ4v) is 3.71. The van der Waals surface area contributed by atoms with E-state index in [0.29, 0.717) is 18.1 Å². The van der Waals surface area contributed by atoms with Crippen LogP contribution in [0.3, 0.4) is 0 Å². The van der Waals surface area contributed by atoms with Crippen LogP contribution in [0.1, 0.15) is 39.1 Å². The normalized spacial score (nSPS) is 14.3. The third kappa shape index (κ3) is 3.74. The number of carbonyl (C=O) groups is 1. The molecule has 0 aliphatic carbocycles. The number of aliphatic hydroxyl groups is 1. The van der Waals surface area contributed by atoms with Gasteiger partial charge in [-0.15, -0.1) is 0 Å². The first-order valence-electron chi connectivity index (χ1n) is 9.81. The zero-order valence-corrected chi connectivity index (χ0v) is 17.3. The van der Waals surface area contributed by atoms with Gasteiger partial charge in [-0.2, -0.15) is 0 Å². The minimum Gasteiger partial charge on any atom is -0.373 e. The number of carbonyl (C=O) groups excluding carboxylic acids is 1. The largest absolute Gasteiger partial charge is 0.373 e. The second-order valence-electron chi connectivity index (χ2n) is 6.88. The van der Waals surface area contributed by atoms with Gasteiger partial charge in [0, 0.05) is 19.2 Å². The Kier molecular flexibility index (Phi) is 5.99. The molecule has 29 heavy (non-hydrogen) atoms. The van der Waals surface area contributed by atoms with Gasteiger partial charge in [-0.05, 0) is 50.1 Å². The third-order valence-corrected chi connectivity index (χ3v) is 4.98. The molecule has 0 fully saturated rings. The first-order chi connectivity index (χ1) is 13.9. The van der Waals surface area contributed by atoms with E-state index in [9.17, 15) is 9.90 Å². The first kappa shape index (κ1) is 20.6. The predicted octanol–water partition coefficient (Wildman–Crippen LogP) is 4.77. The number of rotatable bonds is 6.